The van der Waals surface area contributed by atoms with E-state index in [2.05, 4.69) is 30.5 Å². The van der Waals surface area contributed by atoms with Gasteiger partial charge in [-0.2, -0.15) is 4.98 Å². The summed E-state index contributed by atoms with van der Waals surface area (Å²) in [6, 6.07) is 7.12. The van der Waals surface area contributed by atoms with Crippen molar-refractivity contribution in [1.29, 1.82) is 0 Å². The molecule has 26 heavy (non-hydrogen) atoms. The molecule has 11 heteroatoms. The number of amidine groups is 1. The van der Waals surface area contributed by atoms with Gasteiger partial charge in [-0.15, -0.1) is 0 Å². The number of fused-ring (bicyclic) bond motifs is 1. The number of hydrogen-bond acceptors (Lipinski definition) is 8. The summed E-state index contributed by atoms with van der Waals surface area (Å²) in [6.45, 7) is 1.53. The van der Waals surface area contributed by atoms with Gasteiger partial charge in [0.2, 0.25) is 11.8 Å². The normalized spacial score (nSPS) is 17.1. The Hall–Kier alpha value is -3.21. The molecule has 3 N–H and O–H groups in total. The van der Waals surface area contributed by atoms with Crippen LogP contribution in [0.4, 0.5) is 5.95 Å². The number of hydrogen-bond donors (Lipinski definition) is 3. The number of rotatable bonds is 5. The second-order valence-electron chi connectivity index (χ2n) is 5.29. The number of nitrogens with one attached hydrogen (secondary N) is 3. The Bertz CT molecular complexity index is 976. The van der Waals surface area contributed by atoms with Crippen LogP contribution in [0.25, 0.3) is 0 Å². The lowest BCUT2D eigenvalue weighted by Crippen LogP contribution is -2.37. The van der Waals surface area contributed by atoms with Crippen molar-refractivity contribution in [3.63, 3.8) is 0 Å². The molecule has 2 heterocycles. The number of methoxy groups -OCH3 is 1. The van der Waals surface area contributed by atoms with E-state index in [0.717, 1.165) is 0 Å². The molecule has 0 unspecified atom stereocenters. The number of sulfonamides is 1. The summed E-state index contributed by atoms with van der Waals surface area (Å²) in [5, 5.41) is 0. The number of hydrazine groups is 1. The third-order valence-electron chi connectivity index (χ3n) is 3.50. The first-order chi connectivity index (χ1) is 12.4. The number of nitrogens with zero attached hydrogens (tertiary/aromatic N) is 3. The molecule has 1 aliphatic rings. The Morgan fingerprint density at radius 3 is 2.85 bits per heavy atom. The highest BCUT2D eigenvalue weighted by Gasteiger charge is 2.31. The van der Waals surface area contributed by atoms with E-state index in [1.807, 2.05) is 0 Å². The molecule has 0 spiro atoms. The van der Waals surface area contributed by atoms with Gasteiger partial charge in [0.05, 0.1) is 12.0 Å². The Labute approximate surface area is 149 Å². The van der Waals surface area contributed by atoms with Gasteiger partial charge < -0.3 is 4.74 Å². The third kappa shape index (κ3) is 3.57. The van der Waals surface area contributed by atoms with E-state index in [9.17, 15) is 13.2 Å². The van der Waals surface area contributed by atoms with Crippen molar-refractivity contribution in [3.05, 3.63) is 42.1 Å². The third-order valence-corrected chi connectivity index (χ3v) is 4.90. The monoisotopic (exact) mass is 376 g/mol. The number of ether oxygens (including phenoxy) is 1. The van der Waals surface area contributed by atoms with Gasteiger partial charge in [0.25, 0.3) is 15.9 Å². The van der Waals surface area contributed by atoms with E-state index in [0.29, 0.717) is 11.4 Å². The number of aliphatic imine (C=N–C) groups is 1. The van der Waals surface area contributed by atoms with E-state index in [1.54, 1.807) is 24.3 Å². The minimum atomic E-state index is -3.65. The number of carbonyl (C=O) groups excluding carboxylic acids is 1. The zero-order valence-corrected chi connectivity index (χ0v) is 14.7. The van der Waals surface area contributed by atoms with E-state index in [4.69, 9.17) is 4.74 Å². The van der Waals surface area contributed by atoms with Crippen molar-refractivity contribution < 1.29 is 17.9 Å². The van der Waals surface area contributed by atoms with Crippen LogP contribution in [0.2, 0.25) is 0 Å². The lowest BCUT2D eigenvalue weighted by atomic mass is 10.2. The van der Waals surface area contributed by atoms with Crippen LogP contribution in [-0.4, -0.2) is 43.3 Å². The Morgan fingerprint density at radius 2 is 2.08 bits per heavy atom. The van der Waals surface area contributed by atoms with Crippen molar-refractivity contribution in [1.82, 2.24) is 20.1 Å². The van der Waals surface area contributed by atoms with Gasteiger partial charge >= 0.3 is 0 Å². The van der Waals surface area contributed by atoms with Crippen LogP contribution in [0.1, 0.15) is 12.5 Å². The fourth-order valence-electron chi connectivity index (χ4n) is 2.22. The van der Waals surface area contributed by atoms with Crippen molar-refractivity contribution in [2.75, 3.05) is 12.5 Å². The zero-order valence-electron chi connectivity index (χ0n) is 13.9. The lowest BCUT2D eigenvalue weighted by molar-refractivity contribution is -0.121. The summed E-state index contributed by atoms with van der Waals surface area (Å²) in [7, 11) is -2.19. The predicted octanol–water partition coefficient (Wildman–Crippen LogP) is 0.0555. The topological polar surface area (TPSA) is 135 Å². The van der Waals surface area contributed by atoms with E-state index in [1.165, 1.54) is 26.3 Å². The molecule has 1 aromatic heterocycles. The van der Waals surface area contributed by atoms with Crippen LogP contribution in [0.3, 0.4) is 0 Å². The van der Waals surface area contributed by atoms with Gasteiger partial charge in [0.15, 0.2) is 0 Å². The molecule has 0 saturated carbocycles. The smallest absolute Gasteiger partial charge is 0.263 e. The molecular formula is C15H16N6O4S. The Morgan fingerprint density at radius 1 is 1.31 bits per heavy atom. The molecule has 0 aliphatic carbocycles. The van der Waals surface area contributed by atoms with E-state index >= 15 is 0 Å². The average molecular weight is 376 g/mol. The van der Waals surface area contributed by atoms with Gasteiger partial charge in [-0.05, 0) is 19.1 Å². The van der Waals surface area contributed by atoms with Gasteiger partial charge in [-0.1, -0.05) is 12.1 Å². The molecule has 1 atom stereocenters. The SMILES string of the molecule is COc1ccnc(NNC(=O)[C@H](C)N=C2NS(=O)(=O)c3ccccc32)n1. The first-order valence-corrected chi connectivity index (χ1v) is 9.02. The molecule has 2 aromatic rings. The van der Waals surface area contributed by atoms with Gasteiger partial charge in [-0.3, -0.25) is 25.4 Å². The van der Waals surface area contributed by atoms with Crippen LogP contribution < -0.4 is 20.3 Å². The molecule has 136 valence electrons. The largest absolute Gasteiger partial charge is 0.481 e. The fourth-order valence-corrected chi connectivity index (χ4v) is 3.46. The first kappa shape index (κ1) is 17.6. The Kier molecular flexibility index (Phi) is 4.71. The summed E-state index contributed by atoms with van der Waals surface area (Å²) in [4.78, 5) is 24.4. The number of amides is 1. The van der Waals surface area contributed by atoms with Gasteiger partial charge in [0.1, 0.15) is 11.9 Å². The van der Waals surface area contributed by atoms with Crippen LogP contribution in [-0.2, 0) is 14.8 Å². The molecule has 1 aliphatic heterocycles. The summed E-state index contributed by atoms with van der Waals surface area (Å²) < 4.78 is 31.4. The molecule has 1 amide bonds. The van der Waals surface area contributed by atoms with E-state index < -0.39 is 22.0 Å². The van der Waals surface area contributed by atoms with Crippen LogP contribution >= 0.6 is 0 Å². The zero-order chi connectivity index (χ0) is 18.7. The number of anilines is 1. The van der Waals surface area contributed by atoms with Crippen molar-refractivity contribution >= 4 is 27.7 Å². The summed E-state index contributed by atoms with van der Waals surface area (Å²) in [5.74, 6) is 0.111. The fraction of sp³-hybridized carbons (Fsp3) is 0.200. The molecule has 3 rings (SSSR count). The average Bonchev–Trinajstić information content (AvgIpc) is 2.90. The highest BCUT2D eigenvalue weighted by molar-refractivity contribution is 7.90. The molecule has 10 nitrogen and oxygen atoms in total. The molecule has 0 saturated heterocycles. The molecule has 0 bridgehead atoms. The quantitative estimate of drug-likeness (QED) is 0.628. The van der Waals surface area contributed by atoms with Crippen molar-refractivity contribution in [2.24, 2.45) is 4.99 Å². The van der Waals surface area contributed by atoms with Gasteiger partial charge in [-0.25, -0.2) is 13.4 Å². The molecule has 0 fully saturated rings. The lowest BCUT2D eigenvalue weighted by Gasteiger charge is -2.11. The molecule has 0 radical (unpaired) electrons. The van der Waals surface area contributed by atoms with Gasteiger partial charge in [0, 0.05) is 17.8 Å². The number of benzene rings is 1. The van der Waals surface area contributed by atoms with Crippen LogP contribution in [0.15, 0.2) is 46.4 Å². The molecule has 1 aromatic carbocycles. The maximum Gasteiger partial charge on any atom is 0.263 e. The second kappa shape index (κ2) is 6.96. The predicted molar refractivity (Wildman–Crippen MR) is 93.1 cm³/mol. The van der Waals surface area contributed by atoms with Crippen molar-refractivity contribution in [2.45, 2.75) is 17.9 Å². The van der Waals surface area contributed by atoms with Crippen LogP contribution in [0, 0.1) is 0 Å². The maximum absolute atomic E-state index is 12.2. The van der Waals surface area contributed by atoms with Crippen LogP contribution in [0.5, 0.6) is 5.88 Å². The van der Waals surface area contributed by atoms with E-state index in [-0.39, 0.29) is 16.7 Å². The maximum atomic E-state index is 12.2. The standard InChI is InChI=1S/C15H16N6O4S/c1-9(14(22)19-20-15-16-8-7-12(18-15)25-2)17-13-10-5-3-4-6-11(10)26(23,24)21-13/h3-9H,1-2H3,(H,17,21)(H,19,22)(H,16,18,20)/t9-/m0/s1. The Balaban J connectivity index is 1.71. The minimum absolute atomic E-state index is 0.126. The summed E-state index contributed by atoms with van der Waals surface area (Å²) >= 11 is 0. The second-order valence-corrected chi connectivity index (χ2v) is 6.94. The minimum Gasteiger partial charge on any atom is -0.481 e. The number of aromatic nitrogens is 2. The summed E-state index contributed by atoms with van der Waals surface area (Å²) in [6.07, 6.45) is 1.47. The van der Waals surface area contributed by atoms with Crippen molar-refractivity contribution in [3.8, 4) is 5.88 Å². The molecular weight excluding hydrogens is 360 g/mol. The number of carbonyl (C=O) groups is 1. The highest BCUT2D eigenvalue weighted by Crippen LogP contribution is 2.22. The highest BCUT2D eigenvalue weighted by atomic mass is 32.2. The first-order valence-electron chi connectivity index (χ1n) is 7.53. The summed E-state index contributed by atoms with van der Waals surface area (Å²) in [5.41, 5.74) is 5.39.